The Hall–Kier alpha value is -2.40. The fourth-order valence-electron chi connectivity index (χ4n) is 2.22. The number of nitrogens with zero attached hydrogens (tertiary/aromatic N) is 1. The van der Waals surface area contributed by atoms with E-state index in [0.717, 1.165) is 5.56 Å². The highest BCUT2D eigenvalue weighted by Crippen LogP contribution is 2.24. The number of para-hydroxylation sites is 1. The average molecular weight is 333 g/mol. The number of nitro benzene ring substituents is 1. The second-order valence-corrected chi connectivity index (χ2v) is 6.28. The Balaban J connectivity index is 2.12. The number of hydrogen-bond donors (Lipinski definition) is 1. The fraction of sp³-hybridized carbons (Fsp3) is 0.235. The number of benzene rings is 2. The Morgan fingerprint density at radius 2 is 1.78 bits per heavy atom. The number of carbonyl (C=O) groups excluding carboxylic acids is 1. The molecule has 2 rings (SSSR count). The standard InChI is InChI=1S/C17H17ClN2O3/c1-17(2,12-7-9-13(18)10-8-12)11-19-16(21)14-5-3-4-6-15(14)20(22)23/h3-10H,11H2,1-2H3,(H,19,21). The number of nitrogens with one attached hydrogen (secondary N) is 1. The van der Waals surface area contributed by atoms with Crippen LogP contribution in [0.4, 0.5) is 5.69 Å². The molecule has 0 heterocycles. The summed E-state index contributed by atoms with van der Waals surface area (Å²) in [6.07, 6.45) is 0. The van der Waals surface area contributed by atoms with Gasteiger partial charge in [0.25, 0.3) is 11.6 Å². The van der Waals surface area contributed by atoms with Gasteiger partial charge in [-0.1, -0.05) is 49.7 Å². The number of rotatable bonds is 5. The minimum atomic E-state index is -0.556. The van der Waals surface area contributed by atoms with Gasteiger partial charge in [-0.25, -0.2) is 0 Å². The first kappa shape index (κ1) is 17.0. The molecule has 2 aromatic rings. The molecule has 0 aliphatic heterocycles. The largest absolute Gasteiger partial charge is 0.351 e. The first-order chi connectivity index (χ1) is 10.8. The van der Waals surface area contributed by atoms with Crippen LogP contribution in [0.15, 0.2) is 48.5 Å². The summed E-state index contributed by atoms with van der Waals surface area (Å²) in [7, 11) is 0. The van der Waals surface area contributed by atoms with Crippen LogP contribution in [0.3, 0.4) is 0 Å². The van der Waals surface area contributed by atoms with Gasteiger partial charge in [0.1, 0.15) is 5.56 Å². The van der Waals surface area contributed by atoms with E-state index in [1.807, 2.05) is 26.0 Å². The molecule has 0 fully saturated rings. The highest BCUT2D eigenvalue weighted by molar-refractivity contribution is 6.30. The maximum absolute atomic E-state index is 12.3. The lowest BCUT2D eigenvalue weighted by Crippen LogP contribution is -2.36. The number of halogens is 1. The number of nitro groups is 1. The van der Waals surface area contributed by atoms with Gasteiger partial charge in [-0.3, -0.25) is 14.9 Å². The van der Waals surface area contributed by atoms with Crippen molar-refractivity contribution in [1.82, 2.24) is 5.32 Å². The molecule has 0 saturated carbocycles. The highest BCUT2D eigenvalue weighted by Gasteiger charge is 2.24. The molecule has 0 radical (unpaired) electrons. The van der Waals surface area contributed by atoms with Gasteiger partial charge in [0.2, 0.25) is 0 Å². The van der Waals surface area contributed by atoms with E-state index in [2.05, 4.69) is 5.32 Å². The normalized spacial score (nSPS) is 11.1. The Bertz CT molecular complexity index is 727. The zero-order chi connectivity index (χ0) is 17.0. The second-order valence-electron chi connectivity index (χ2n) is 5.85. The van der Waals surface area contributed by atoms with Gasteiger partial charge in [-0.05, 0) is 23.8 Å². The van der Waals surface area contributed by atoms with Crippen LogP contribution in [-0.2, 0) is 5.41 Å². The molecule has 2 aromatic carbocycles. The van der Waals surface area contributed by atoms with Crippen molar-refractivity contribution in [2.24, 2.45) is 0 Å². The van der Waals surface area contributed by atoms with Crippen LogP contribution in [0.25, 0.3) is 0 Å². The third-order valence-corrected chi connectivity index (χ3v) is 3.91. The molecule has 0 saturated heterocycles. The van der Waals surface area contributed by atoms with Crippen LogP contribution in [-0.4, -0.2) is 17.4 Å². The predicted molar refractivity (Wildman–Crippen MR) is 89.9 cm³/mol. The van der Waals surface area contributed by atoms with E-state index in [1.165, 1.54) is 18.2 Å². The third-order valence-electron chi connectivity index (χ3n) is 3.66. The maximum Gasteiger partial charge on any atom is 0.282 e. The summed E-state index contributed by atoms with van der Waals surface area (Å²) in [6, 6.07) is 13.3. The summed E-state index contributed by atoms with van der Waals surface area (Å²) in [5.41, 5.74) is 0.549. The number of hydrogen-bond acceptors (Lipinski definition) is 3. The molecular weight excluding hydrogens is 316 g/mol. The van der Waals surface area contributed by atoms with E-state index in [-0.39, 0.29) is 16.7 Å². The first-order valence-electron chi connectivity index (χ1n) is 7.09. The number of amides is 1. The van der Waals surface area contributed by atoms with Crippen LogP contribution in [0.1, 0.15) is 29.8 Å². The van der Waals surface area contributed by atoms with Crippen molar-refractivity contribution in [2.45, 2.75) is 19.3 Å². The maximum atomic E-state index is 12.3. The van der Waals surface area contributed by atoms with Crippen LogP contribution in [0, 0.1) is 10.1 Å². The summed E-state index contributed by atoms with van der Waals surface area (Å²) < 4.78 is 0. The van der Waals surface area contributed by atoms with Crippen LogP contribution >= 0.6 is 11.6 Å². The smallest absolute Gasteiger partial charge is 0.282 e. The van der Waals surface area contributed by atoms with Gasteiger partial charge in [0, 0.05) is 23.0 Å². The zero-order valence-corrected chi connectivity index (χ0v) is 13.6. The third kappa shape index (κ3) is 4.07. The molecule has 0 bridgehead atoms. The Labute approximate surface area is 139 Å². The molecule has 0 unspecified atom stereocenters. The molecule has 1 N–H and O–H groups in total. The highest BCUT2D eigenvalue weighted by atomic mass is 35.5. The lowest BCUT2D eigenvalue weighted by molar-refractivity contribution is -0.385. The quantitative estimate of drug-likeness (QED) is 0.665. The lowest BCUT2D eigenvalue weighted by Gasteiger charge is -2.25. The molecule has 0 spiro atoms. The van der Waals surface area contributed by atoms with Crippen LogP contribution in [0.2, 0.25) is 5.02 Å². The molecule has 0 atom stereocenters. The minimum Gasteiger partial charge on any atom is -0.351 e. The van der Waals surface area contributed by atoms with Crippen molar-refractivity contribution >= 4 is 23.2 Å². The topological polar surface area (TPSA) is 72.2 Å². The summed E-state index contributed by atoms with van der Waals surface area (Å²) in [4.78, 5) is 22.7. The molecule has 1 amide bonds. The van der Waals surface area contributed by atoms with Gasteiger partial charge < -0.3 is 5.32 Å². The van der Waals surface area contributed by atoms with Gasteiger partial charge in [0.15, 0.2) is 0 Å². The average Bonchev–Trinajstić information content (AvgIpc) is 2.53. The van der Waals surface area contributed by atoms with E-state index in [4.69, 9.17) is 11.6 Å². The van der Waals surface area contributed by atoms with Gasteiger partial charge in [-0.15, -0.1) is 0 Å². The molecule has 5 nitrogen and oxygen atoms in total. The van der Waals surface area contributed by atoms with E-state index in [9.17, 15) is 14.9 Å². The Kier molecular flexibility index (Phi) is 5.01. The molecule has 0 aromatic heterocycles. The minimum absolute atomic E-state index is 0.0596. The van der Waals surface area contributed by atoms with Crippen LogP contribution < -0.4 is 5.32 Å². The fourth-order valence-corrected chi connectivity index (χ4v) is 2.35. The van der Waals surface area contributed by atoms with E-state index in [0.29, 0.717) is 11.6 Å². The summed E-state index contributed by atoms with van der Waals surface area (Å²) in [5, 5.41) is 14.4. The van der Waals surface area contributed by atoms with E-state index in [1.54, 1.807) is 18.2 Å². The Morgan fingerprint density at radius 3 is 2.39 bits per heavy atom. The SMILES string of the molecule is CC(C)(CNC(=O)c1ccccc1[N+](=O)[O-])c1ccc(Cl)cc1. The van der Waals surface area contributed by atoms with Crippen molar-refractivity contribution in [3.8, 4) is 0 Å². The van der Waals surface area contributed by atoms with E-state index < -0.39 is 10.8 Å². The zero-order valence-electron chi connectivity index (χ0n) is 12.9. The first-order valence-corrected chi connectivity index (χ1v) is 7.47. The van der Waals surface area contributed by atoms with Gasteiger partial charge >= 0.3 is 0 Å². The van der Waals surface area contributed by atoms with Crippen molar-refractivity contribution in [3.05, 3.63) is 74.8 Å². The summed E-state index contributed by atoms with van der Waals surface area (Å²) >= 11 is 5.88. The molecule has 23 heavy (non-hydrogen) atoms. The monoisotopic (exact) mass is 332 g/mol. The van der Waals surface area contributed by atoms with Gasteiger partial charge in [0.05, 0.1) is 4.92 Å². The lowest BCUT2D eigenvalue weighted by atomic mass is 9.84. The van der Waals surface area contributed by atoms with Crippen molar-refractivity contribution < 1.29 is 9.72 Å². The predicted octanol–water partition coefficient (Wildman–Crippen LogP) is 3.96. The molecule has 0 aliphatic rings. The molecule has 120 valence electrons. The van der Waals surface area contributed by atoms with Crippen molar-refractivity contribution in [1.29, 1.82) is 0 Å². The van der Waals surface area contributed by atoms with E-state index >= 15 is 0 Å². The number of carbonyl (C=O) groups is 1. The molecule has 0 aliphatic carbocycles. The Morgan fingerprint density at radius 1 is 1.17 bits per heavy atom. The summed E-state index contributed by atoms with van der Waals surface area (Å²) in [5.74, 6) is -0.459. The van der Waals surface area contributed by atoms with Crippen molar-refractivity contribution in [3.63, 3.8) is 0 Å². The molecule has 6 heteroatoms. The summed E-state index contributed by atoms with van der Waals surface area (Å²) in [6.45, 7) is 4.31. The van der Waals surface area contributed by atoms with Gasteiger partial charge in [-0.2, -0.15) is 0 Å². The molecular formula is C17H17ClN2O3. The van der Waals surface area contributed by atoms with Crippen molar-refractivity contribution in [2.75, 3.05) is 6.54 Å². The van der Waals surface area contributed by atoms with Crippen LogP contribution in [0.5, 0.6) is 0 Å². The second kappa shape index (κ2) is 6.79.